The van der Waals surface area contributed by atoms with Gasteiger partial charge in [0, 0.05) is 38.0 Å². The predicted octanol–water partition coefficient (Wildman–Crippen LogP) is 4.89. The molecule has 202 valence electrons. The van der Waals surface area contributed by atoms with Crippen LogP contribution in [0, 0.1) is 46.3 Å². The van der Waals surface area contributed by atoms with Crippen molar-refractivity contribution in [2.45, 2.75) is 105 Å². The molecule has 7 heteroatoms. The number of hydrogen-bond donors (Lipinski definition) is 0. The van der Waals surface area contributed by atoms with Gasteiger partial charge in [0.05, 0.1) is 7.11 Å². The van der Waals surface area contributed by atoms with Crippen molar-refractivity contribution in [3.8, 4) is 0 Å². The maximum atomic E-state index is 13.6. The number of carbonyl (C=O) groups excluding carboxylic acids is 4. The monoisotopic (exact) mass is 504 g/mol. The minimum atomic E-state index is -0.433. The molecule has 10 atom stereocenters. The van der Waals surface area contributed by atoms with Crippen LogP contribution in [0.2, 0.25) is 0 Å². The lowest BCUT2D eigenvalue weighted by atomic mass is 9.43. The van der Waals surface area contributed by atoms with E-state index in [9.17, 15) is 19.2 Å². The molecule has 0 spiro atoms. The SMILES string of the molecule is COC(=O)CC[C@@H](C)[C@H]1C(=O)C[C@H]2[C@@H]3CC[C@@H]4C[C@H](OC(C)=O)CC[C@]4(C)[C@H]3C[C@H](OC(C)=O)[C@]12C. The van der Waals surface area contributed by atoms with E-state index in [1.807, 2.05) is 0 Å². The number of fused-ring (bicyclic) bond motifs is 5. The highest BCUT2D eigenvalue weighted by molar-refractivity contribution is 5.85. The second-order valence-electron chi connectivity index (χ2n) is 12.6. The molecule has 4 rings (SSSR count). The molecule has 0 bridgehead atoms. The number of methoxy groups -OCH3 is 1. The average molecular weight is 505 g/mol. The third-order valence-corrected chi connectivity index (χ3v) is 10.9. The number of Topliss-reactive ketones (excluding diaryl/α,β-unsaturated/α-hetero) is 1. The molecular weight excluding hydrogens is 460 g/mol. The van der Waals surface area contributed by atoms with Crippen LogP contribution in [0.5, 0.6) is 0 Å². The van der Waals surface area contributed by atoms with Gasteiger partial charge in [0.15, 0.2) is 0 Å². The summed E-state index contributed by atoms with van der Waals surface area (Å²) in [6, 6.07) is 0. The van der Waals surface area contributed by atoms with Crippen molar-refractivity contribution in [2.24, 2.45) is 46.3 Å². The Balaban J connectivity index is 1.62. The Morgan fingerprint density at radius 3 is 2.33 bits per heavy atom. The molecule has 0 aromatic carbocycles. The van der Waals surface area contributed by atoms with Crippen molar-refractivity contribution in [1.82, 2.24) is 0 Å². The van der Waals surface area contributed by atoms with Crippen molar-refractivity contribution >= 4 is 23.7 Å². The van der Waals surface area contributed by atoms with Gasteiger partial charge in [-0.05, 0) is 80.0 Å². The zero-order chi connectivity index (χ0) is 26.4. The first-order valence-corrected chi connectivity index (χ1v) is 13.9. The van der Waals surface area contributed by atoms with E-state index in [0.717, 1.165) is 38.5 Å². The first-order chi connectivity index (χ1) is 16.9. The van der Waals surface area contributed by atoms with Crippen LogP contribution < -0.4 is 0 Å². The fourth-order valence-electron chi connectivity index (χ4n) is 9.26. The number of esters is 3. The van der Waals surface area contributed by atoms with Crippen molar-refractivity contribution in [3.63, 3.8) is 0 Å². The summed E-state index contributed by atoms with van der Waals surface area (Å²) in [6.07, 6.45) is 6.73. The van der Waals surface area contributed by atoms with E-state index in [4.69, 9.17) is 14.2 Å². The van der Waals surface area contributed by atoms with E-state index >= 15 is 0 Å². The first kappa shape index (κ1) is 27.1. The summed E-state index contributed by atoms with van der Waals surface area (Å²) in [6.45, 7) is 9.57. The summed E-state index contributed by atoms with van der Waals surface area (Å²) in [5.41, 5.74) is -0.353. The van der Waals surface area contributed by atoms with Gasteiger partial charge < -0.3 is 14.2 Å². The normalized spacial score (nSPS) is 42.4. The summed E-state index contributed by atoms with van der Waals surface area (Å²) >= 11 is 0. The molecular formula is C29H44O7. The largest absolute Gasteiger partial charge is 0.469 e. The van der Waals surface area contributed by atoms with Gasteiger partial charge in [-0.3, -0.25) is 19.2 Å². The number of rotatable bonds is 6. The molecule has 0 aliphatic heterocycles. The van der Waals surface area contributed by atoms with E-state index in [-0.39, 0.29) is 65.5 Å². The molecule has 0 heterocycles. The smallest absolute Gasteiger partial charge is 0.305 e. The predicted molar refractivity (Wildman–Crippen MR) is 133 cm³/mol. The Labute approximate surface area is 215 Å². The third-order valence-electron chi connectivity index (χ3n) is 10.9. The van der Waals surface area contributed by atoms with Gasteiger partial charge in [0.2, 0.25) is 0 Å². The Bertz CT molecular complexity index is 898. The van der Waals surface area contributed by atoms with Gasteiger partial charge in [-0.2, -0.15) is 0 Å². The molecule has 4 saturated carbocycles. The Kier molecular flexibility index (Phi) is 7.60. The maximum absolute atomic E-state index is 13.6. The molecule has 0 saturated heterocycles. The Morgan fingerprint density at radius 1 is 1.00 bits per heavy atom. The van der Waals surface area contributed by atoms with E-state index < -0.39 is 5.41 Å². The minimum absolute atomic E-state index is 0.00676. The van der Waals surface area contributed by atoms with Crippen molar-refractivity contribution in [3.05, 3.63) is 0 Å². The molecule has 0 radical (unpaired) electrons. The van der Waals surface area contributed by atoms with Crippen LogP contribution in [0.4, 0.5) is 0 Å². The Morgan fingerprint density at radius 2 is 1.69 bits per heavy atom. The fraction of sp³-hybridized carbons (Fsp3) is 0.862. The van der Waals surface area contributed by atoms with Gasteiger partial charge in [-0.15, -0.1) is 0 Å². The molecule has 36 heavy (non-hydrogen) atoms. The van der Waals surface area contributed by atoms with Crippen LogP contribution >= 0.6 is 0 Å². The fourth-order valence-corrected chi connectivity index (χ4v) is 9.26. The summed E-state index contributed by atoms with van der Waals surface area (Å²) in [5, 5.41) is 0. The maximum Gasteiger partial charge on any atom is 0.305 e. The number of ketones is 1. The van der Waals surface area contributed by atoms with Crippen LogP contribution in [0.3, 0.4) is 0 Å². The summed E-state index contributed by atoms with van der Waals surface area (Å²) in [7, 11) is 1.39. The van der Waals surface area contributed by atoms with Crippen LogP contribution in [0.25, 0.3) is 0 Å². The second-order valence-corrected chi connectivity index (χ2v) is 12.6. The van der Waals surface area contributed by atoms with Crippen LogP contribution in [-0.2, 0) is 33.4 Å². The van der Waals surface area contributed by atoms with E-state index in [1.165, 1.54) is 21.0 Å². The van der Waals surface area contributed by atoms with Gasteiger partial charge in [-0.25, -0.2) is 0 Å². The minimum Gasteiger partial charge on any atom is -0.469 e. The average Bonchev–Trinajstić information content (AvgIpc) is 3.08. The highest BCUT2D eigenvalue weighted by Gasteiger charge is 2.67. The lowest BCUT2D eigenvalue weighted by Gasteiger charge is -2.62. The Hall–Kier alpha value is -1.92. The van der Waals surface area contributed by atoms with Crippen molar-refractivity contribution in [1.29, 1.82) is 0 Å². The first-order valence-electron chi connectivity index (χ1n) is 13.9. The molecule has 7 nitrogen and oxygen atoms in total. The van der Waals surface area contributed by atoms with Crippen molar-refractivity contribution in [2.75, 3.05) is 7.11 Å². The number of carbonyl (C=O) groups is 4. The molecule has 4 fully saturated rings. The van der Waals surface area contributed by atoms with Gasteiger partial charge >= 0.3 is 17.9 Å². The standard InChI is InChI=1S/C29H44O7/c1-16(7-10-26(33)34-6)27-24(32)14-23-21-9-8-19-13-20(35-17(2)30)11-12-28(19,4)22(21)15-25(29(23,27)5)36-18(3)31/h16,19-23,25,27H,7-15H2,1-6H3/t16-,19-,20-,21-,22+,23+,25+,27+,28+,29-/m1/s1. The molecule has 4 aliphatic carbocycles. The molecule has 0 aromatic rings. The lowest BCUT2D eigenvalue weighted by Crippen LogP contribution is -2.59. The van der Waals surface area contributed by atoms with Crippen LogP contribution in [0.1, 0.15) is 92.4 Å². The van der Waals surface area contributed by atoms with Gasteiger partial charge in [-0.1, -0.05) is 20.8 Å². The quantitative estimate of drug-likeness (QED) is 0.375. The topological polar surface area (TPSA) is 96.0 Å². The molecule has 0 N–H and O–H groups in total. The van der Waals surface area contributed by atoms with E-state index in [2.05, 4.69) is 20.8 Å². The summed E-state index contributed by atoms with van der Waals surface area (Å²) in [4.78, 5) is 49.3. The molecule has 0 aromatic heterocycles. The summed E-state index contributed by atoms with van der Waals surface area (Å²) < 4.78 is 16.5. The highest BCUT2D eigenvalue weighted by atomic mass is 16.5. The van der Waals surface area contributed by atoms with Crippen molar-refractivity contribution < 1.29 is 33.4 Å². The van der Waals surface area contributed by atoms with Crippen LogP contribution in [0.15, 0.2) is 0 Å². The third kappa shape index (κ3) is 4.60. The molecule has 0 amide bonds. The second kappa shape index (κ2) is 10.1. The molecule has 0 unspecified atom stereocenters. The van der Waals surface area contributed by atoms with E-state index in [1.54, 1.807) is 0 Å². The lowest BCUT2D eigenvalue weighted by molar-refractivity contribution is -0.198. The zero-order valence-corrected chi connectivity index (χ0v) is 22.8. The molecule has 4 aliphatic rings. The van der Waals surface area contributed by atoms with Gasteiger partial charge in [0.1, 0.15) is 18.0 Å². The summed E-state index contributed by atoms with van der Waals surface area (Å²) in [5.74, 6) is 0.674. The van der Waals surface area contributed by atoms with Gasteiger partial charge in [0.25, 0.3) is 0 Å². The highest BCUT2D eigenvalue weighted by Crippen LogP contribution is 2.68. The van der Waals surface area contributed by atoms with Crippen LogP contribution in [-0.4, -0.2) is 43.0 Å². The number of hydrogen-bond acceptors (Lipinski definition) is 7. The zero-order valence-electron chi connectivity index (χ0n) is 22.8. The number of ether oxygens (including phenoxy) is 3. The van der Waals surface area contributed by atoms with E-state index in [0.29, 0.717) is 30.6 Å².